The normalized spacial score (nSPS) is 12.0. The van der Waals surface area contributed by atoms with Crippen LogP contribution in [0.3, 0.4) is 0 Å². The van der Waals surface area contributed by atoms with Crippen LogP contribution in [0.15, 0.2) is 12.2 Å². The van der Waals surface area contributed by atoms with E-state index in [9.17, 15) is 14.4 Å². The predicted octanol–water partition coefficient (Wildman–Crippen LogP) is 19.7. The monoisotopic (exact) mass is 931 g/mol. The van der Waals surface area contributed by atoms with Gasteiger partial charge in [-0.05, 0) is 44.9 Å². The second kappa shape index (κ2) is 55.7. The molecule has 0 fully saturated rings. The molecule has 0 N–H and O–H groups in total. The van der Waals surface area contributed by atoms with E-state index in [-0.39, 0.29) is 31.1 Å². The summed E-state index contributed by atoms with van der Waals surface area (Å²) in [5.41, 5.74) is 0. The predicted molar refractivity (Wildman–Crippen MR) is 284 cm³/mol. The summed E-state index contributed by atoms with van der Waals surface area (Å²) in [5.74, 6) is -0.851. The molecule has 0 aliphatic heterocycles. The first-order valence-corrected chi connectivity index (χ1v) is 29.7. The molecule has 0 aromatic rings. The Morgan fingerprint density at radius 2 is 0.500 bits per heavy atom. The smallest absolute Gasteiger partial charge is 0.306 e. The van der Waals surface area contributed by atoms with Crippen LogP contribution in [0.2, 0.25) is 0 Å². The van der Waals surface area contributed by atoms with Gasteiger partial charge in [-0.15, -0.1) is 0 Å². The molecule has 66 heavy (non-hydrogen) atoms. The van der Waals surface area contributed by atoms with Gasteiger partial charge in [0.15, 0.2) is 6.10 Å². The maximum Gasteiger partial charge on any atom is 0.306 e. The zero-order chi connectivity index (χ0) is 47.9. The first-order valence-electron chi connectivity index (χ1n) is 29.7. The van der Waals surface area contributed by atoms with Gasteiger partial charge in [0.2, 0.25) is 0 Å². The largest absolute Gasteiger partial charge is 0.462 e. The molecule has 0 rings (SSSR count). The fourth-order valence-corrected chi connectivity index (χ4v) is 9.03. The van der Waals surface area contributed by atoms with Crippen LogP contribution in [0.4, 0.5) is 0 Å². The van der Waals surface area contributed by atoms with Crippen molar-refractivity contribution >= 4 is 17.9 Å². The number of hydrogen-bond donors (Lipinski definition) is 0. The summed E-state index contributed by atoms with van der Waals surface area (Å²) in [6.45, 7) is 6.65. The van der Waals surface area contributed by atoms with Gasteiger partial charge >= 0.3 is 17.9 Å². The molecule has 0 amide bonds. The molecule has 6 nitrogen and oxygen atoms in total. The van der Waals surface area contributed by atoms with Crippen LogP contribution >= 0.6 is 0 Å². The third-order valence-corrected chi connectivity index (χ3v) is 13.5. The van der Waals surface area contributed by atoms with Crippen molar-refractivity contribution in [2.75, 3.05) is 13.2 Å². The quantitative estimate of drug-likeness (QED) is 0.0262. The highest BCUT2D eigenvalue weighted by Gasteiger charge is 2.19. The Balaban J connectivity index is 4.11. The van der Waals surface area contributed by atoms with Gasteiger partial charge in [-0.25, -0.2) is 0 Å². The van der Waals surface area contributed by atoms with E-state index < -0.39 is 6.10 Å². The molecule has 0 aliphatic carbocycles. The minimum absolute atomic E-state index is 0.0654. The molecule has 0 saturated heterocycles. The molecular formula is C60H114O6. The van der Waals surface area contributed by atoms with Crippen molar-refractivity contribution < 1.29 is 28.6 Å². The maximum absolute atomic E-state index is 12.8. The summed E-state index contributed by atoms with van der Waals surface area (Å²) < 4.78 is 16.8. The lowest BCUT2D eigenvalue weighted by molar-refractivity contribution is -0.167. The Morgan fingerprint density at radius 1 is 0.288 bits per heavy atom. The summed E-state index contributed by atoms with van der Waals surface area (Å²) in [4.78, 5) is 38.0. The van der Waals surface area contributed by atoms with Crippen LogP contribution in [0.25, 0.3) is 0 Å². The number of ether oxygens (including phenoxy) is 3. The van der Waals surface area contributed by atoms with Crippen LogP contribution in [0.1, 0.15) is 335 Å². The Kier molecular flexibility index (Phi) is 54.2. The summed E-state index contributed by atoms with van der Waals surface area (Å²) in [6, 6.07) is 0. The SMILES string of the molecule is CCCCCCCC/C=C\CCCCCCCCCCCC(=O)OC(COC(=O)CCCCCCCCC)COC(=O)CCCCCCCCCCCCCCCCCCCCCCCC. The first-order chi connectivity index (χ1) is 32.5. The fraction of sp³-hybridized carbons (Fsp3) is 0.917. The molecule has 390 valence electrons. The molecule has 0 heterocycles. The second-order valence-corrected chi connectivity index (χ2v) is 20.3. The second-order valence-electron chi connectivity index (χ2n) is 20.3. The number of carbonyl (C=O) groups excluding carboxylic acids is 3. The highest BCUT2D eigenvalue weighted by atomic mass is 16.6. The molecule has 0 aliphatic rings. The summed E-state index contributed by atoms with van der Waals surface area (Å²) in [6.07, 6.45) is 63.8. The third-order valence-electron chi connectivity index (χ3n) is 13.5. The number of allylic oxidation sites excluding steroid dienone is 2. The molecule has 1 atom stereocenters. The van der Waals surface area contributed by atoms with E-state index >= 15 is 0 Å². The minimum atomic E-state index is -0.764. The standard InChI is InChI=1S/C60H114O6/c1-4-7-10-13-16-18-20-22-24-26-28-29-30-32-33-35-37-39-41-44-47-50-53-59(62)65-56-57(55-64-58(61)52-49-46-43-15-12-9-6-3)66-60(63)54-51-48-45-42-40-38-36-34-31-27-25-23-21-19-17-14-11-8-5-2/h23,25,57H,4-22,24,26-56H2,1-3H3/b25-23-. The van der Waals surface area contributed by atoms with Gasteiger partial charge in [-0.2, -0.15) is 0 Å². The summed E-state index contributed by atoms with van der Waals surface area (Å²) >= 11 is 0. The molecule has 0 aromatic heterocycles. The van der Waals surface area contributed by atoms with E-state index in [1.807, 2.05) is 0 Å². The Labute approximate surface area is 411 Å². The Morgan fingerprint density at radius 3 is 0.758 bits per heavy atom. The number of carbonyl (C=O) groups is 3. The van der Waals surface area contributed by atoms with Crippen molar-refractivity contribution in [3.8, 4) is 0 Å². The van der Waals surface area contributed by atoms with Gasteiger partial charge in [0.05, 0.1) is 0 Å². The van der Waals surface area contributed by atoms with Crippen molar-refractivity contribution in [3.05, 3.63) is 12.2 Å². The molecule has 6 heteroatoms. The van der Waals surface area contributed by atoms with E-state index in [1.165, 1.54) is 238 Å². The molecule has 0 radical (unpaired) electrons. The topological polar surface area (TPSA) is 78.9 Å². The summed E-state index contributed by atoms with van der Waals surface area (Å²) in [5, 5.41) is 0. The highest BCUT2D eigenvalue weighted by Crippen LogP contribution is 2.17. The molecule has 0 saturated carbocycles. The average Bonchev–Trinajstić information content (AvgIpc) is 3.31. The molecule has 0 spiro atoms. The van der Waals surface area contributed by atoms with Crippen molar-refractivity contribution in [2.45, 2.75) is 341 Å². The first kappa shape index (κ1) is 64.2. The Bertz CT molecular complexity index is 1020. The fourth-order valence-electron chi connectivity index (χ4n) is 9.03. The van der Waals surface area contributed by atoms with E-state index in [0.717, 1.165) is 57.8 Å². The van der Waals surface area contributed by atoms with Crippen LogP contribution < -0.4 is 0 Å². The minimum Gasteiger partial charge on any atom is -0.462 e. The lowest BCUT2D eigenvalue weighted by Gasteiger charge is -2.18. The van der Waals surface area contributed by atoms with E-state index in [1.54, 1.807) is 0 Å². The zero-order valence-electron chi connectivity index (χ0n) is 44.7. The Hall–Kier alpha value is -1.85. The zero-order valence-corrected chi connectivity index (χ0v) is 44.7. The maximum atomic E-state index is 12.8. The summed E-state index contributed by atoms with van der Waals surface area (Å²) in [7, 11) is 0. The number of hydrogen-bond acceptors (Lipinski definition) is 6. The van der Waals surface area contributed by atoms with E-state index in [2.05, 4.69) is 32.9 Å². The highest BCUT2D eigenvalue weighted by molar-refractivity contribution is 5.71. The molecule has 0 bridgehead atoms. The van der Waals surface area contributed by atoms with E-state index in [4.69, 9.17) is 14.2 Å². The average molecular weight is 932 g/mol. The van der Waals surface area contributed by atoms with Crippen molar-refractivity contribution in [1.82, 2.24) is 0 Å². The number of rotatable bonds is 55. The number of unbranched alkanes of at least 4 members (excludes halogenated alkanes) is 42. The number of esters is 3. The van der Waals surface area contributed by atoms with Gasteiger partial charge in [-0.3, -0.25) is 14.4 Å². The van der Waals surface area contributed by atoms with Gasteiger partial charge in [0.25, 0.3) is 0 Å². The van der Waals surface area contributed by atoms with Gasteiger partial charge < -0.3 is 14.2 Å². The molecule has 1 unspecified atom stereocenters. The van der Waals surface area contributed by atoms with Gasteiger partial charge in [-0.1, -0.05) is 283 Å². The van der Waals surface area contributed by atoms with Crippen LogP contribution in [0, 0.1) is 0 Å². The van der Waals surface area contributed by atoms with Gasteiger partial charge in [0.1, 0.15) is 13.2 Å². The molecular weight excluding hydrogens is 817 g/mol. The van der Waals surface area contributed by atoms with Crippen molar-refractivity contribution in [2.24, 2.45) is 0 Å². The van der Waals surface area contributed by atoms with Gasteiger partial charge in [0, 0.05) is 19.3 Å². The lowest BCUT2D eigenvalue weighted by Crippen LogP contribution is -2.30. The van der Waals surface area contributed by atoms with E-state index in [0.29, 0.717) is 19.3 Å². The third kappa shape index (κ3) is 53.1. The van der Waals surface area contributed by atoms with Crippen molar-refractivity contribution in [1.29, 1.82) is 0 Å². The van der Waals surface area contributed by atoms with Crippen LogP contribution in [0.5, 0.6) is 0 Å². The van der Waals surface area contributed by atoms with Crippen LogP contribution in [-0.2, 0) is 28.6 Å². The molecule has 0 aromatic carbocycles. The lowest BCUT2D eigenvalue weighted by atomic mass is 10.0. The van der Waals surface area contributed by atoms with Crippen molar-refractivity contribution in [3.63, 3.8) is 0 Å². The van der Waals surface area contributed by atoms with Crippen LogP contribution in [-0.4, -0.2) is 37.2 Å².